The number of nitrogens with one attached hydrogen (secondary N) is 1. The lowest BCUT2D eigenvalue weighted by atomic mass is 10.1. The number of hydrogen-bond donors (Lipinski definition) is 1. The second-order valence-corrected chi connectivity index (χ2v) is 7.93. The number of hydrogen-bond acceptors (Lipinski definition) is 4. The summed E-state index contributed by atoms with van der Waals surface area (Å²) in [4.78, 5) is 22.0. The summed E-state index contributed by atoms with van der Waals surface area (Å²) in [7, 11) is 1.77. The second-order valence-electron chi connectivity index (χ2n) is 7.52. The van der Waals surface area contributed by atoms with Gasteiger partial charge in [-0.25, -0.2) is 0 Å². The molecule has 0 fully saturated rings. The first-order chi connectivity index (χ1) is 14.4. The zero-order valence-electron chi connectivity index (χ0n) is 17.2. The molecular weight excluding hydrogens is 400 g/mol. The molecule has 0 saturated carbocycles. The number of halogens is 1. The largest absolute Gasteiger partial charge is 0.350 e. The molecule has 2 heterocycles. The van der Waals surface area contributed by atoms with E-state index in [4.69, 9.17) is 16.1 Å². The molecule has 0 aliphatic carbocycles. The molecule has 30 heavy (non-hydrogen) atoms. The van der Waals surface area contributed by atoms with Gasteiger partial charge in [-0.15, -0.1) is 0 Å². The number of aromatic nitrogens is 3. The van der Waals surface area contributed by atoms with Crippen LogP contribution in [-0.4, -0.2) is 39.5 Å². The van der Waals surface area contributed by atoms with Gasteiger partial charge in [-0.1, -0.05) is 46.6 Å². The number of carbonyl (C=O) groups is 1. The summed E-state index contributed by atoms with van der Waals surface area (Å²) in [5.74, 6) is 1.02. The molecule has 0 radical (unpaired) electrons. The Kier molecular flexibility index (Phi) is 5.59. The number of H-pyrrole nitrogens is 1. The Hall–Kier alpha value is -3.12. The molecule has 2 aromatic carbocycles. The van der Waals surface area contributed by atoms with E-state index >= 15 is 0 Å². The van der Waals surface area contributed by atoms with Gasteiger partial charge in [-0.2, -0.15) is 4.98 Å². The molecule has 1 amide bonds. The second kappa shape index (κ2) is 8.32. The molecule has 4 aromatic rings. The van der Waals surface area contributed by atoms with Gasteiger partial charge in [0, 0.05) is 35.9 Å². The fraction of sp³-hybridized carbons (Fsp3) is 0.261. The maximum Gasteiger partial charge on any atom is 0.274 e. The minimum absolute atomic E-state index is 0.00588. The molecule has 0 spiro atoms. The SMILES string of the molecule is Cc1ccc2[nH]c(-c3nc(CCN(C)C(=O)Cc4ccccc4Cl)no3)c(C)c2c1. The van der Waals surface area contributed by atoms with Crippen LogP contribution in [0.3, 0.4) is 0 Å². The predicted octanol–water partition coefficient (Wildman–Crippen LogP) is 4.73. The Bertz CT molecular complexity index is 1210. The number of carbonyl (C=O) groups excluding carboxylic acids is 1. The van der Waals surface area contributed by atoms with Crippen LogP contribution in [0.15, 0.2) is 47.0 Å². The van der Waals surface area contributed by atoms with Crippen LogP contribution in [0.2, 0.25) is 5.02 Å². The summed E-state index contributed by atoms with van der Waals surface area (Å²) < 4.78 is 5.48. The number of benzene rings is 2. The Morgan fingerprint density at radius 3 is 2.80 bits per heavy atom. The van der Waals surface area contributed by atoms with Crippen LogP contribution < -0.4 is 0 Å². The molecule has 6 nitrogen and oxygen atoms in total. The summed E-state index contributed by atoms with van der Waals surface area (Å²) in [6.07, 6.45) is 0.772. The maximum atomic E-state index is 12.5. The lowest BCUT2D eigenvalue weighted by Gasteiger charge is -2.16. The van der Waals surface area contributed by atoms with Crippen LogP contribution in [0.1, 0.15) is 22.5 Å². The molecule has 2 aromatic heterocycles. The van der Waals surface area contributed by atoms with Crippen molar-refractivity contribution in [3.63, 3.8) is 0 Å². The van der Waals surface area contributed by atoms with E-state index in [-0.39, 0.29) is 12.3 Å². The van der Waals surface area contributed by atoms with E-state index in [1.807, 2.05) is 25.1 Å². The van der Waals surface area contributed by atoms with E-state index in [2.05, 4.69) is 40.2 Å². The summed E-state index contributed by atoms with van der Waals surface area (Å²) in [5.41, 5.74) is 4.97. The molecule has 0 unspecified atom stereocenters. The van der Waals surface area contributed by atoms with E-state index in [0.717, 1.165) is 27.7 Å². The first-order valence-corrected chi connectivity index (χ1v) is 10.2. The van der Waals surface area contributed by atoms with Crippen molar-refractivity contribution in [2.24, 2.45) is 0 Å². The molecule has 0 atom stereocenters. The zero-order valence-corrected chi connectivity index (χ0v) is 18.0. The maximum absolute atomic E-state index is 12.5. The van der Waals surface area contributed by atoms with Gasteiger partial charge in [0.05, 0.1) is 6.42 Å². The first-order valence-electron chi connectivity index (χ1n) is 9.81. The van der Waals surface area contributed by atoms with E-state index in [9.17, 15) is 4.79 Å². The van der Waals surface area contributed by atoms with E-state index in [1.54, 1.807) is 18.0 Å². The lowest BCUT2D eigenvalue weighted by Crippen LogP contribution is -2.30. The van der Waals surface area contributed by atoms with Crippen molar-refractivity contribution in [3.8, 4) is 11.6 Å². The van der Waals surface area contributed by atoms with E-state index in [0.29, 0.717) is 29.7 Å². The third-order valence-electron chi connectivity index (χ3n) is 5.29. The average Bonchev–Trinajstić information content (AvgIpc) is 3.32. The van der Waals surface area contributed by atoms with E-state index in [1.165, 1.54) is 5.56 Å². The summed E-state index contributed by atoms with van der Waals surface area (Å²) in [6.45, 7) is 4.60. The molecule has 0 saturated heterocycles. The third kappa shape index (κ3) is 4.09. The van der Waals surface area contributed by atoms with Crippen molar-refractivity contribution in [2.45, 2.75) is 26.7 Å². The van der Waals surface area contributed by atoms with Crippen molar-refractivity contribution in [3.05, 3.63) is 70.0 Å². The van der Waals surface area contributed by atoms with Gasteiger partial charge >= 0.3 is 0 Å². The Labute approximate surface area is 179 Å². The van der Waals surface area contributed by atoms with Crippen LogP contribution in [0.4, 0.5) is 0 Å². The minimum Gasteiger partial charge on any atom is -0.350 e. The number of rotatable bonds is 6. The van der Waals surface area contributed by atoms with Gasteiger partial charge < -0.3 is 14.4 Å². The topological polar surface area (TPSA) is 75.0 Å². The quantitative estimate of drug-likeness (QED) is 0.487. The van der Waals surface area contributed by atoms with Crippen LogP contribution >= 0.6 is 11.6 Å². The number of aromatic amines is 1. The first kappa shape index (κ1) is 20.2. The van der Waals surface area contributed by atoms with Crippen molar-refractivity contribution >= 4 is 28.4 Å². The van der Waals surface area contributed by atoms with Gasteiger partial charge in [0.15, 0.2) is 5.82 Å². The molecule has 0 bridgehead atoms. The number of amides is 1. The Morgan fingerprint density at radius 2 is 2.00 bits per heavy atom. The van der Waals surface area contributed by atoms with Crippen LogP contribution in [-0.2, 0) is 17.6 Å². The molecule has 0 aliphatic heterocycles. The number of likely N-dealkylation sites (N-methyl/N-ethyl adjacent to an activating group) is 1. The van der Waals surface area contributed by atoms with Crippen molar-refractivity contribution in [1.82, 2.24) is 20.0 Å². The van der Waals surface area contributed by atoms with Gasteiger partial charge in [-0.05, 0) is 43.2 Å². The van der Waals surface area contributed by atoms with E-state index < -0.39 is 0 Å². The molecule has 154 valence electrons. The summed E-state index contributed by atoms with van der Waals surface area (Å²) in [6, 6.07) is 13.6. The van der Waals surface area contributed by atoms with Crippen molar-refractivity contribution < 1.29 is 9.32 Å². The summed E-state index contributed by atoms with van der Waals surface area (Å²) >= 11 is 6.15. The van der Waals surface area contributed by atoms with Crippen LogP contribution in [0, 0.1) is 13.8 Å². The van der Waals surface area contributed by atoms with Gasteiger partial charge in [0.2, 0.25) is 5.91 Å². The van der Waals surface area contributed by atoms with Crippen molar-refractivity contribution in [2.75, 3.05) is 13.6 Å². The normalized spacial score (nSPS) is 11.2. The Balaban J connectivity index is 1.42. The zero-order chi connectivity index (χ0) is 21.3. The molecule has 0 aliphatic rings. The fourth-order valence-electron chi connectivity index (χ4n) is 3.44. The molecule has 7 heteroatoms. The van der Waals surface area contributed by atoms with Gasteiger partial charge in [-0.3, -0.25) is 4.79 Å². The predicted molar refractivity (Wildman–Crippen MR) is 118 cm³/mol. The number of aryl methyl sites for hydroxylation is 2. The van der Waals surface area contributed by atoms with Gasteiger partial charge in [0.1, 0.15) is 5.69 Å². The Morgan fingerprint density at radius 1 is 1.20 bits per heavy atom. The lowest BCUT2D eigenvalue weighted by molar-refractivity contribution is -0.129. The molecular formula is C23H23ClN4O2. The third-order valence-corrected chi connectivity index (χ3v) is 5.66. The number of nitrogens with zero attached hydrogens (tertiary/aromatic N) is 3. The van der Waals surface area contributed by atoms with Crippen LogP contribution in [0.5, 0.6) is 0 Å². The van der Waals surface area contributed by atoms with Crippen molar-refractivity contribution in [1.29, 1.82) is 0 Å². The highest BCUT2D eigenvalue weighted by Crippen LogP contribution is 2.29. The monoisotopic (exact) mass is 422 g/mol. The standard InChI is InChI=1S/C23H23ClN4O2/c1-14-8-9-19-17(12-14)15(2)22(25-19)23-26-20(27-30-23)10-11-28(3)21(29)13-16-6-4-5-7-18(16)24/h4-9,12,25H,10-11,13H2,1-3H3. The minimum atomic E-state index is -0.00588. The average molecular weight is 423 g/mol. The van der Waals surface area contributed by atoms with Crippen LogP contribution in [0.25, 0.3) is 22.5 Å². The van der Waals surface area contributed by atoms with Gasteiger partial charge in [0.25, 0.3) is 5.89 Å². The fourth-order valence-corrected chi connectivity index (χ4v) is 3.65. The highest BCUT2D eigenvalue weighted by molar-refractivity contribution is 6.31. The highest BCUT2D eigenvalue weighted by Gasteiger charge is 2.17. The summed E-state index contributed by atoms with van der Waals surface area (Å²) in [5, 5.41) is 5.84. The molecule has 1 N–H and O–H groups in total. The smallest absolute Gasteiger partial charge is 0.274 e. The molecule has 4 rings (SSSR count). The highest BCUT2D eigenvalue weighted by atomic mass is 35.5. The number of fused-ring (bicyclic) bond motifs is 1.